The first-order valence-electron chi connectivity index (χ1n) is 5.96. The summed E-state index contributed by atoms with van der Waals surface area (Å²) in [6.07, 6.45) is 4.55. The molecule has 1 atom stereocenters. The molecule has 0 aliphatic rings. The van der Waals surface area contributed by atoms with Crippen molar-refractivity contribution in [2.75, 3.05) is 20.2 Å². The first kappa shape index (κ1) is 14.4. The molecule has 3 heteroatoms. The van der Waals surface area contributed by atoms with Crippen LogP contribution >= 0.6 is 0 Å². The van der Waals surface area contributed by atoms with Crippen LogP contribution in [0, 0.1) is 5.92 Å². The largest absolute Gasteiger partial charge is 0.396 e. The lowest BCUT2D eigenvalue weighted by Crippen LogP contribution is -2.28. The lowest BCUT2D eigenvalue weighted by molar-refractivity contribution is -0.130. The van der Waals surface area contributed by atoms with E-state index in [0.29, 0.717) is 12.3 Å². The van der Waals surface area contributed by atoms with Crippen LogP contribution in [0.25, 0.3) is 0 Å². The van der Waals surface area contributed by atoms with Crippen molar-refractivity contribution in [1.82, 2.24) is 4.90 Å². The smallest absolute Gasteiger partial charge is 0.222 e. The van der Waals surface area contributed by atoms with Crippen molar-refractivity contribution in [3.8, 4) is 0 Å². The van der Waals surface area contributed by atoms with Crippen LogP contribution in [0.4, 0.5) is 0 Å². The van der Waals surface area contributed by atoms with Crippen LogP contribution in [0.5, 0.6) is 0 Å². The van der Waals surface area contributed by atoms with Gasteiger partial charge < -0.3 is 10.0 Å². The quantitative estimate of drug-likeness (QED) is 0.629. The average molecular weight is 215 g/mol. The van der Waals surface area contributed by atoms with Crippen molar-refractivity contribution in [2.45, 2.75) is 46.0 Å². The highest BCUT2D eigenvalue weighted by Gasteiger charge is 2.11. The molecule has 0 fully saturated rings. The molecule has 0 radical (unpaired) electrons. The van der Waals surface area contributed by atoms with E-state index in [1.807, 2.05) is 11.9 Å². The van der Waals surface area contributed by atoms with Gasteiger partial charge in [0, 0.05) is 26.6 Å². The minimum absolute atomic E-state index is 0.244. The van der Waals surface area contributed by atoms with Crippen molar-refractivity contribution in [3.05, 3.63) is 0 Å². The van der Waals surface area contributed by atoms with Gasteiger partial charge in [-0.05, 0) is 25.2 Å². The molecule has 15 heavy (non-hydrogen) atoms. The third-order valence-electron chi connectivity index (χ3n) is 2.80. The molecular formula is C12H25NO2. The lowest BCUT2D eigenvalue weighted by Gasteiger charge is -2.18. The molecule has 1 unspecified atom stereocenters. The molecule has 0 aromatic carbocycles. The Hall–Kier alpha value is -0.570. The highest BCUT2D eigenvalue weighted by atomic mass is 16.2. The minimum atomic E-state index is 0.244. The molecule has 1 amide bonds. The van der Waals surface area contributed by atoms with E-state index in [4.69, 9.17) is 5.11 Å². The third kappa shape index (κ3) is 7.37. The van der Waals surface area contributed by atoms with Crippen molar-refractivity contribution >= 4 is 5.91 Å². The summed E-state index contributed by atoms with van der Waals surface area (Å²) in [7, 11) is 1.86. The van der Waals surface area contributed by atoms with Gasteiger partial charge >= 0.3 is 0 Å². The monoisotopic (exact) mass is 215 g/mol. The topological polar surface area (TPSA) is 40.5 Å². The molecule has 90 valence electrons. The SMILES string of the molecule is CCC(C)CC(=O)N(C)CCCCCO. The van der Waals surface area contributed by atoms with Gasteiger partial charge in [0.05, 0.1) is 0 Å². The molecule has 0 aliphatic heterocycles. The van der Waals surface area contributed by atoms with Crippen LogP contribution in [-0.2, 0) is 4.79 Å². The van der Waals surface area contributed by atoms with Gasteiger partial charge in [-0.1, -0.05) is 20.3 Å². The molecule has 0 saturated heterocycles. The number of hydrogen-bond acceptors (Lipinski definition) is 2. The second-order valence-corrected chi connectivity index (χ2v) is 4.32. The Morgan fingerprint density at radius 3 is 2.53 bits per heavy atom. The van der Waals surface area contributed by atoms with Crippen LogP contribution in [-0.4, -0.2) is 36.1 Å². The summed E-state index contributed by atoms with van der Waals surface area (Å²) in [4.78, 5) is 13.5. The molecule has 1 N–H and O–H groups in total. The molecule has 0 heterocycles. The summed E-state index contributed by atoms with van der Waals surface area (Å²) in [6, 6.07) is 0. The zero-order valence-corrected chi connectivity index (χ0v) is 10.3. The van der Waals surface area contributed by atoms with Crippen molar-refractivity contribution in [2.24, 2.45) is 5.92 Å². The Morgan fingerprint density at radius 2 is 2.00 bits per heavy atom. The highest BCUT2D eigenvalue weighted by molar-refractivity contribution is 5.76. The van der Waals surface area contributed by atoms with Crippen LogP contribution in [0.2, 0.25) is 0 Å². The maximum absolute atomic E-state index is 11.7. The number of aliphatic hydroxyl groups is 1. The second-order valence-electron chi connectivity index (χ2n) is 4.32. The van der Waals surface area contributed by atoms with Crippen molar-refractivity contribution < 1.29 is 9.90 Å². The van der Waals surface area contributed by atoms with Crippen LogP contribution in [0.3, 0.4) is 0 Å². The van der Waals surface area contributed by atoms with E-state index in [1.54, 1.807) is 0 Å². The van der Waals surface area contributed by atoms with Gasteiger partial charge in [0.2, 0.25) is 5.91 Å². The number of aliphatic hydroxyl groups excluding tert-OH is 1. The Morgan fingerprint density at radius 1 is 1.33 bits per heavy atom. The van der Waals surface area contributed by atoms with E-state index in [0.717, 1.165) is 32.2 Å². The predicted molar refractivity (Wildman–Crippen MR) is 62.6 cm³/mol. The average Bonchev–Trinajstić information content (AvgIpc) is 2.23. The summed E-state index contributed by atoms with van der Waals surface area (Å²) in [6.45, 7) is 5.29. The number of amides is 1. The van der Waals surface area contributed by atoms with Crippen LogP contribution in [0.1, 0.15) is 46.0 Å². The van der Waals surface area contributed by atoms with Gasteiger partial charge in [-0.2, -0.15) is 0 Å². The van der Waals surface area contributed by atoms with E-state index >= 15 is 0 Å². The molecule has 0 bridgehead atoms. The molecule has 0 rings (SSSR count). The fourth-order valence-corrected chi connectivity index (χ4v) is 1.36. The lowest BCUT2D eigenvalue weighted by atomic mass is 10.0. The Labute approximate surface area is 93.5 Å². The van der Waals surface area contributed by atoms with E-state index in [9.17, 15) is 4.79 Å². The van der Waals surface area contributed by atoms with Crippen molar-refractivity contribution in [1.29, 1.82) is 0 Å². The first-order chi connectivity index (χ1) is 7.11. The van der Waals surface area contributed by atoms with Gasteiger partial charge in [-0.3, -0.25) is 4.79 Å². The second kappa shape index (κ2) is 8.72. The van der Waals surface area contributed by atoms with Crippen LogP contribution < -0.4 is 0 Å². The van der Waals surface area contributed by atoms with Gasteiger partial charge in [0.15, 0.2) is 0 Å². The van der Waals surface area contributed by atoms with Gasteiger partial charge in [-0.25, -0.2) is 0 Å². The Bertz CT molecular complexity index is 171. The van der Waals surface area contributed by atoms with E-state index in [-0.39, 0.29) is 12.5 Å². The number of unbranched alkanes of at least 4 members (excludes halogenated alkanes) is 2. The number of nitrogens with zero attached hydrogens (tertiary/aromatic N) is 1. The standard InChI is InChI=1S/C12H25NO2/c1-4-11(2)10-12(15)13(3)8-6-5-7-9-14/h11,14H,4-10H2,1-3H3. The number of carbonyl (C=O) groups excluding carboxylic acids is 1. The molecule has 0 saturated carbocycles. The molecule has 0 aromatic rings. The maximum Gasteiger partial charge on any atom is 0.222 e. The Kier molecular flexibility index (Phi) is 8.38. The number of hydrogen-bond donors (Lipinski definition) is 1. The maximum atomic E-state index is 11.7. The minimum Gasteiger partial charge on any atom is -0.396 e. The molecule has 0 aliphatic carbocycles. The van der Waals surface area contributed by atoms with Gasteiger partial charge in [0.1, 0.15) is 0 Å². The summed E-state index contributed by atoms with van der Waals surface area (Å²) in [5.74, 6) is 0.728. The van der Waals surface area contributed by atoms with Crippen molar-refractivity contribution in [3.63, 3.8) is 0 Å². The molecule has 0 spiro atoms. The molecular weight excluding hydrogens is 190 g/mol. The van der Waals surface area contributed by atoms with Gasteiger partial charge in [-0.15, -0.1) is 0 Å². The Balaban J connectivity index is 3.60. The highest BCUT2D eigenvalue weighted by Crippen LogP contribution is 2.08. The molecule has 3 nitrogen and oxygen atoms in total. The van der Waals surface area contributed by atoms with Crippen LogP contribution in [0.15, 0.2) is 0 Å². The fourth-order valence-electron chi connectivity index (χ4n) is 1.36. The zero-order chi connectivity index (χ0) is 11.7. The predicted octanol–water partition coefficient (Wildman–Crippen LogP) is 2.04. The normalized spacial score (nSPS) is 12.5. The summed E-state index contributed by atoms with van der Waals surface area (Å²) in [5, 5.41) is 8.61. The number of carbonyl (C=O) groups is 1. The molecule has 0 aromatic heterocycles. The first-order valence-corrected chi connectivity index (χ1v) is 5.96. The van der Waals surface area contributed by atoms with E-state index in [1.165, 1.54) is 0 Å². The summed E-state index contributed by atoms with van der Waals surface area (Å²) in [5.41, 5.74) is 0. The van der Waals surface area contributed by atoms with Gasteiger partial charge in [0.25, 0.3) is 0 Å². The van der Waals surface area contributed by atoms with E-state index < -0.39 is 0 Å². The number of rotatable bonds is 8. The summed E-state index contributed by atoms with van der Waals surface area (Å²) >= 11 is 0. The summed E-state index contributed by atoms with van der Waals surface area (Å²) < 4.78 is 0. The fraction of sp³-hybridized carbons (Fsp3) is 0.917. The third-order valence-corrected chi connectivity index (χ3v) is 2.80. The van der Waals surface area contributed by atoms with E-state index in [2.05, 4.69) is 13.8 Å². The zero-order valence-electron chi connectivity index (χ0n) is 10.3.